The van der Waals surface area contributed by atoms with E-state index in [0.717, 1.165) is 22.5 Å². The zero-order valence-electron chi connectivity index (χ0n) is 12.3. The van der Waals surface area contributed by atoms with Crippen LogP contribution in [0.1, 0.15) is 0 Å². The van der Waals surface area contributed by atoms with Crippen LogP contribution in [0.2, 0.25) is 0 Å². The Morgan fingerprint density at radius 1 is 1.57 bits per heavy atom. The molecule has 0 amide bonds. The lowest BCUT2D eigenvalue weighted by Crippen LogP contribution is -2.52. The van der Waals surface area contributed by atoms with Gasteiger partial charge in [0, 0.05) is 24.2 Å². The molecule has 0 bridgehead atoms. The van der Waals surface area contributed by atoms with Gasteiger partial charge >= 0.3 is 5.97 Å². The number of hydrogen-bond acceptors (Lipinski definition) is 6. The molecule has 0 saturated carbocycles. The van der Waals surface area contributed by atoms with E-state index in [4.69, 9.17) is 20.6 Å². The topological polar surface area (TPSA) is 67.4 Å². The van der Waals surface area contributed by atoms with E-state index in [1.54, 1.807) is 12.4 Å². The second-order valence-electron chi connectivity index (χ2n) is 4.99. The van der Waals surface area contributed by atoms with E-state index in [0.29, 0.717) is 6.61 Å². The molecule has 7 heteroatoms. The van der Waals surface area contributed by atoms with Crippen LogP contribution < -0.4 is 15.4 Å². The molecule has 2 aliphatic rings. The second kappa shape index (κ2) is 7.04. The van der Waals surface area contributed by atoms with Gasteiger partial charge in [-0.3, -0.25) is 0 Å². The van der Waals surface area contributed by atoms with Crippen molar-refractivity contribution in [1.29, 1.82) is 0 Å². The Labute approximate surface area is 143 Å². The third-order valence-electron chi connectivity index (χ3n) is 3.13. The molecule has 0 radical (unpaired) electrons. The zero-order valence-corrected chi connectivity index (χ0v) is 13.9. The van der Waals surface area contributed by atoms with E-state index in [-0.39, 0.29) is 12.7 Å². The summed E-state index contributed by atoms with van der Waals surface area (Å²) in [6.45, 7) is 1.42. The second-order valence-corrected chi connectivity index (χ2v) is 5.90. The minimum atomic E-state index is -1.15. The maximum Gasteiger partial charge on any atom is 0.323 e. The minimum Gasteiger partial charge on any atom is -0.491 e. The number of hydrogen-bond donors (Lipinski definition) is 2. The molecule has 1 aromatic rings. The van der Waals surface area contributed by atoms with Gasteiger partial charge in [0.05, 0.1) is 11.1 Å². The van der Waals surface area contributed by atoms with Gasteiger partial charge in [0.25, 0.3) is 0 Å². The van der Waals surface area contributed by atoms with Crippen LogP contribution in [-0.4, -0.2) is 38.1 Å². The lowest BCUT2D eigenvalue weighted by atomic mass is 10.3. The molecule has 0 aromatic heterocycles. The Kier molecular flexibility index (Phi) is 4.86. The molecular formula is C16H16BrN3O3. The molecule has 1 saturated heterocycles. The Morgan fingerprint density at radius 2 is 2.43 bits per heavy atom. The van der Waals surface area contributed by atoms with Crippen LogP contribution >= 0.6 is 15.9 Å². The molecule has 2 atom stereocenters. The Bertz CT molecular complexity index is 667. The van der Waals surface area contributed by atoms with Gasteiger partial charge < -0.3 is 24.8 Å². The summed E-state index contributed by atoms with van der Waals surface area (Å²) >= 11 is 3.34. The highest BCUT2D eigenvalue weighted by Gasteiger charge is 2.31. The number of allylic oxidation sites excluding steroid dienone is 1. The Hall–Kier alpha value is -2.01. The highest BCUT2D eigenvalue weighted by molar-refractivity contribution is 9.12. The van der Waals surface area contributed by atoms with Crippen LogP contribution in [0, 0.1) is 12.3 Å². The summed E-state index contributed by atoms with van der Waals surface area (Å²) in [6, 6.07) is 7.54. The van der Waals surface area contributed by atoms with Gasteiger partial charge in [-0.15, -0.1) is 6.42 Å². The largest absolute Gasteiger partial charge is 0.491 e. The fourth-order valence-electron chi connectivity index (χ4n) is 1.94. The maximum atomic E-state index is 5.67. The number of nitrogens with zero attached hydrogens (tertiary/aromatic N) is 1. The standard InChI is InChI=1S/C16H16BrN3O3/c1-2-6-23-16(18-8-12(17)9-19-16)20-13-4-3-5-14(7-13)21-10-15-11-22-15/h1,3-5,7-9,15,18,20H,6,10-11H2. The molecule has 2 N–H and O–H groups in total. The van der Waals surface area contributed by atoms with Crippen LogP contribution in [0.15, 0.2) is 39.9 Å². The molecule has 23 heavy (non-hydrogen) atoms. The number of aliphatic imine (C=N–C) groups is 1. The molecule has 120 valence electrons. The predicted octanol–water partition coefficient (Wildman–Crippen LogP) is 2.05. The molecule has 2 aliphatic heterocycles. The molecule has 2 heterocycles. The van der Waals surface area contributed by atoms with Crippen molar-refractivity contribution in [2.75, 3.05) is 25.1 Å². The predicted molar refractivity (Wildman–Crippen MR) is 91.5 cm³/mol. The van der Waals surface area contributed by atoms with Crippen LogP contribution in [0.3, 0.4) is 0 Å². The fraction of sp³-hybridized carbons (Fsp3) is 0.312. The Morgan fingerprint density at radius 3 is 3.13 bits per heavy atom. The molecule has 0 spiro atoms. The number of benzene rings is 1. The van der Waals surface area contributed by atoms with Crippen LogP contribution in [-0.2, 0) is 9.47 Å². The van der Waals surface area contributed by atoms with Crippen LogP contribution in [0.5, 0.6) is 5.75 Å². The average molecular weight is 378 g/mol. The van der Waals surface area contributed by atoms with Gasteiger partial charge in [-0.25, -0.2) is 4.99 Å². The van der Waals surface area contributed by atoms with Gasteiger partial charge in [0.2, 0.25) is 0 Å². The van der Waals surface area contributed by atoms with Crippen molar-refractivity contribution in [1.82, 2.24) is 5.32 Å². The highest BCUT2D eigenvalue weighted by Crippen LogP contribution is 2.24. The third-order valence-corrected chi connectivity index (χ3v) is 3.56. The summed E-state index contributed by atoms with van der Waals surface area (Å²) in [7, 11) is 0. The van der Waals surface area contributed by atoms with Gasteiger partial charge in [0.1, 0.15) is 25.1 Å². The highest BCUT2D eigenvalue weighted by atomic mass is 79.9. The molecule has 1 fully saturated rings. The van der Waals surface area contributed by atoms with Crippen molar-refractivity contribution >= 4 is 27.8 Å². The number of anilines is 1. The van der Waals surface area contributed by atoms with E-state index in [1.165, 1.54) is 0 Å². The fourth-order valence-corrected chi connectivity index (χ4v) is 2.15. The number of rotatable bonds is 7. The van der Waals surface area contributed by atoms with Crippen molar-refractivity contribution in [3.63, 3.8) is 0 Å². The first-order valence-corrected chi connectivity index (χ1v) is 7.87. The van der Waals surface area contributed by atoms with Crippen LogP contribution in [0.25, 0.3) is 0 Å². The van der Waals surface area contributed by atoms with E-state index < -0.39 is 5.97 Å². The van der Waals surface area contributed by atoms with Gasteiger partial charge in [0.15, 0.2) is 0 Å². The number of terminal acetylenes is 1. The smallest absolute Gasteiger partial charge is 0.323 e. The Balaban J connectivity index is 1.70. The van der Waals surface area contributed by atoms with Crippen molar-refractivity contribution in [2.24, 2.45) is 4.99 Å². The van der Waals surface area contributed by atoms with Crippen molar-refractivity contribution < 1.29 is 14.2 Å². The van der Waals surface area contributed by atoms with Gasteiger partial charge in [-0.2, -0.15) is 0 Å². The van der Waals surface area contributed by atoms with Gasteiger partial charge in [-0.05, 0) is 28.1 Å². The number of ether oxygens (including phenoxy) is 3. The van der Waals surface area contributed by atoms with Crippen molar-refractivity contribution in [3.8, 4) is 18.1 Å². The molecule has 3 rings (SSSR count). The van der Waals surface area contributed by atoms with Gasteiger partial charge in [-0.1, -0.05) is 12.0 Å². The zero-order chi connectivity index (χ0) is 16.1. The first kappa shape index (κ1) is 15.9. The number of nitrogens with one attached hydrogen (secondary N) is 2. The first-order valence-electron chi connectivity index (χ1n) is 7.08. The van der Waals surface area contributed by atoms with E-state index in [2.05, 4.69) is 37.5 Å². The average Bonchev–Trinajstić information content (AvgIpc) is 3.39. The molecule has 1 aromatic carbocycles. The third kappa shape index (κ3) is 4.48. The van der Waals surface area contributed by atoms with E-state index in [9.17, 15) is 0 Å². The lowest BCUT2D eigenvalue weighted by molar-refractivity contribution is -0.0154. The summed E-state index contributed by atoms with van der Waals surface area (Å²) in [5.74, 6) is 2.03. The molecule has 6 nitrogen and oxygen atoms in total. The summed E-state index contributed by atoms with van der Waals surface area (Å²) in [5, 5.41) is 6.24. The normalized spacial score (nSPS) is 25.0. The minimum absolute atomic E-state index is 0.109. The number of epoxide rings is 1. The van der Waals surface area contributed by atoms with Crippen molar-refractivity contribution in [2.45, 2.75) is 12.1 Å². The lowest BCUT2D eigenvalue weighted by Gasteiger charge is -2.32. The summed E-state index contributed by atoms with van der Waals surface area (Å²) in [6.07, 6.45) is 8.88. The summed E-state index contributed by atoms with van der Waals surface area (Å²) in [5.41, 5.74) is 0.785. The molecular weight excluding hydrogens is 362 g/mol. The van der Waals surface area contributed by atoms with Crippen LogP contribution in [0.4, 0.5) is 5.69 Å². The molecule has 2 unspecified atom stereocenters. The SMILES string of the molecule is C#CCOC1(Nc2cccc(OCC3CO3)c2)N=CC(Br)=CN1. The summed E-state index contributed by atoms with van der Waals surface area (Å²) in [4.78, 5) is 4.35. The monoisotopic (exact) mass is 377 g/mol. The first-order chi connectivity index (χ1) is 11.2. The van der Waals surface area contributed by atoms with Crippen molar-refractivity contribution in [3.05, 3.63) is 34.9 Å². The number of halogens is 1. The van der Waals surface area contributed by atoms with E-state index in [1.807, 2.05) is 24.3 Å². The van der Waals surface area contributed by atoms with E-state index >= 15 is 0 Å². The quantitative estimate of drug-likeness (QED) is 0.432. The summed E-state index contributed by atoms with van der Waals surface area (Å²) < 4.78 is 17.3. The molecule has 0 aliphatic carbocycles. The maximum absolute atomic E-state index is 5.67.